The lowest BCUT2D eigenvalue weighted by atomic mass is 10.2. The molecule has 0 aliphatic carbocycles. The van der Waals surface area contributed by atoms with Crippen LogP contribution in [0.25, 0.3) is 6.08 Å². The van der Waals surface area contributed by atoms with Crippen molar-refractivity contribution in [2.45, 2.75) is 13.3 Å². The van der Waals surface area contributed by atoms with Gasteiger partial charge in [0.15, 0.2) is 18.1 Å². The molecule has 0 saturated carbocycles. The largest absolute Gasteiger partial charge is 0.493 e. The Kier molecular flexibility index (Phi) is 8.36. The minimum atomic E-state index is -0.517. The van der Waals surface area contributed by atoms with Gasteiger partial charge in [-0.2, -0.15) is 0 Å². The molecule has 0 fully saturated rings. The van der Waals surface area contributed by atoms with Crippen LogP contribution in [0.4, 0.5) is 0 Å². The normalized spacial score (nSPS) is 10.5. The van der Waals surface area contributed by atoms with Crippen LogP contribution in [0.3, 0.4) is 0 Å². The van der Waals surface area contributed by atoms with Gasteiger partial charge in [-0.15, -0.1) is 0 Å². The Hall–Kier alpha value is -3.19. The van der Waals surface area contributed by atoms with E-state index in [4.69, 9.17) is 25.8 Å². The topological polar surface area (TPSA) is 85.9 Å². The minimum Gasteiger partial charge on any atom is -0.493 e. The van der Waals surface area contributed by atoms with E-state index in [0.717, 1.165) is 6.42 Å². The molecule has 0 spiro atoms. The quantitative estimate of drug-likeness (QED) is 0.508. The second-order valence-corrected chi connectivity index (χ2v) is 6.30. The number of methoxy groups -OCH3 is 2. The summed E-state index contributed by atoms with van der Waals surface area (Å²) in [7, 11) is 2.98. The lowest BCUT2D eigenvalue weighted by molar-refractivity contribution is -0.128. The first-order valence-electron chi connectivity index (χ1n) is 8.87. The molecule has 0 heterocycles. The maximum absolute atomic E-state index is 11.9. The van der Waals surface area contributed by atoms with E-state index in [1.807, 2.05) is 12.1 Å². The molecule has 2 rings (SSSR count). The smallest absolute Gasteiger partial charge is 0.276 e. The molecular weight excluding hydrogens is 396 g/mol. The Balaban J connectivity index is 1.82. The number of ether oxygens (including phenoxy) is 3. The van der Waals surface area contributed by atoms with Crippen molar-refractivity contribution in [3.63, 3.8) is 0 Å². The number of hydrogen-bond acceptors (Lipinski definition) is 5. The van der Waals surface area contributed by atoms with Crippen LogP contribution in [0.2, 0.25) is 5.02 Å². The zero-order chi connectivity index (χ0) is 21.2. The van der Waals surface area contributed by atoms with Crippen molar-refractivity contribution in [3.05, 3.63) is 58.6 Å². The summed E-state index contributed by atoms with van der Waals surface area (Å²) in [6.07, 6.45) is 3.71. The highest BCUT2D eigenvalue weighted by atomic mass is 35.5. The van der Waals surface area contributed by atoms with Gasteiger partial charge in [-0.3, -0.25) is 20.4 Å². The van der Waals surface area contributed by atoms with Gasteiger partial charge < -0.3 is 14.2 Å². The van der Waals surface area contributed by atoms with E-state index in [2.05, 4.69) is 17.8 Å². The zero-order valence-electron chi connectivity index (χ0n) is 16.5. The van der Waals surface area contributed by atoms with E-state index in [1.54, 1.807) is 24.3 Å². The SMILES string of the molecule is CCc1ccc(OCC(=O)NNC(=O)/C=C/c2cc(Cl)c(OC)c(OC)c2)cc1. The molecule has 0 aliphatic heterocycles. The van der Waals surface area contributed by atoms with Crippen molar-refractivity contribution in [3.8, 4) is 17.2 Å². The van der Waals surface area contributed by atoms with Crippen LogP contribution in [0, 0.1) is 0 Å². The predicted octanol–water partition coefficient (Wildman–Crippen LogP) is 3.16. The highest BCUT2D eigenvalue weighted by molar-refractivity contribution is 6.32. The maximum Gasteiger partial charge on any atom is 0.276 e. The van der Waals surface area contributed by atoms with Crippen LogP contribution in [0.15, 0.2) is 42.5 Å². The molecule has 0 bridgehead atoms. The van der Waals surface area contributed by atoms with Gasteiger partial charge in [0.2, 0.25) is 0 Å². The summed E-state index contributed by atoms with van der Waals surface area (Å²) in [5.74, 6) is 0.427. The van der Waals surface area contributed by atoms with Crippen molar-refractivity contribution < 1.29 is 23.8 Å². The second-order valence-electron chi connectivity index (χ2n) is 5.90. The summed E-state index contributed by atoms with van der Waals surface area (Å²) in [5, 5.41) is 0.351. The van der Waals surface area contributed by atoms with Gasteiger partial charge >= 0.3 is 0 Å². The summed E-state index contributed by atoms with van der Waals surface area (Å²) in [4.78, 5) is 23.7. The average molecular weight is 419 g/mol. The van der Waals surface area contributed by atoms with Gasteiger partial charge in [-0.05, 0) is 47.9 Å². The van der Waals surface area contributed by atoms with E-state index in [-0.39, 0.29) is 6.61 Å². The number of carbonyl (C=O) groups excluding carboxylic acids is 2. The average Bonchev–Trinajstić information content (AvgIpc) is 2.74. The molecule has 2 aromatic rings. The first kappa shape index (κ1) is 22.1. The zero-order valence-corrected chi connectivity index (χ0v) is 17.2. The third-order valence-corrected chi connectivity index (χ3v) is 4.19. The van der Waals surface area contributed by atoms with Crippen molar-refractivity contribution in [1.82, 2.24) is 10.9 Å². The van der Waals surface area contributed by atoms with E-state index in [0.29, 0.717) is 27.8 Å². The van der Waals surface area contributed by atoms with Gasteiger partial charge in [0, 0.05) is 6.08 Å². The number of rotatable bonds is 8. The van der Waals surface area contributed by atoms with Crippen LogP contribution >= 0.6 is 11.6 Å². The molecule has 154 valence electrons. The molecule has 2 N–H and O–H groups in total. The van der Waals surface area contributed by atoms with Gasteiger partial charge in [0.05, 0.1) is 19.2 Å². The number of hydrazine groups is 1. The molecular formula is C21H23ClN2O5. The van der Waals surface area contributed by atoms with E-state index in [9.17, 15) is 9.59 Å². The van der Waals surface area contributed by atoms with Crippen LogP contribution in [-0.4, -0.2) is 32.6 Å². The first-order chi connectivity index (χ1) is 14.0. The van der Waals surface area contributed by atoms with Crippen LogP contribution in [0.1, 0.15) is 18.1 Å². The number of amides is 2. The molecule has 29 heavy (non-hydrogen) atoms. The van der Waals surface area contributed by atoms with Gasteiger partial charge in [-0.1, -0.05) is 30.7 Å². The first-order valence-corrected chi connectivity index (χ1v) is 9.24. The summed E-state index contributed by atoms with van der Waals surface area (Å²) in [6.45, 7) is 1.83. The lowest BCUT2D eigenvalue weighted by Crippen LogP contribution is -2.43. The van der Waals surface area contributed by atoms with Crippen molar-refractivity contribution >= 4 is 29.5 Å². The Labute approximate surface area is 174 Å². The number of nitrogens with one attached hydrogen (secondary N) is 2. The highest BCUT2D eigenvalue weighted by Crippen LogP contribution is 2.36. The van der Waals surface area contributed by atoms with Crippen LogP contribution in [0.5, 0.6) is 17.2 Å². The Morgan fingerprint density at radius 2 is 1.79 bits per heavy atom. The Morgan fingerprint density at radius 1 is 1.07 bits per heavy atom. The summed E-state index contributed by atoms with van der Waals surface area (Å²) >= 11 is 6.12. The van der Waals surface area contributed by atoms with E-state index >= 15 is 0 Å². The third-order valence-electron chi connectivity index (χ3n) is 3.91. The van der Waals surface area contributed by atoms with Gasteiger partial charge in [0.25, 0.3) is 11.8 Å². The number of hydrogen-bond donors (Lipinski definition) is 2. The number of aryl methyl sites for hydroxylation is 1. The summed E-state index contributed by atoms with van der Waals surface area (Å²) < 4.78 is 15.7. The molecule has 0 unspecified atom stereocenters. The molecule has 2 aromatic carbocycles. The number of halogens is 1. The molecule has 0 aliphatic rings. The predicted molar refractivity (Wildman–Crippen MR) is 111 cm³/mol. The third kappa shape index (κ3) is 6.73. The minimum absolute atomic E-state index is 0.221. The Morgan fingerprint density at radius 3 is 2.41 bits per heavy atom. The van der Waals surface area contributed by atoms with Crippen LogP contribution in [-0.2, 0) is 16.0 Å². The standard InChI is InChI=1S/C21H23ClN2O5/c1-4-14-5-8-16(9-6-14)29-13-20(26)24-23-19(25)10-7-15-11-17(22)21(28-3)18(12-15)27-2/h5-12H,4,13H2,1-3H3,(H,23,25)(H,24,26)/b10-7+. The molecule has 0 radical (unpaired) electrons. The fourth-order valence-electron chi connectivity index (χ4n) is 2.39. The number of carbonyl (C=O) groups is 2. The summed E-state index contributed by atoms with van der Waals surface area (Å²) in [5.41, 5.74) is 6.37. The molecule has 0 saturated heterocycles. The maximum atomic E-state index is 11.9. The molecule has 7 nitrogen and oxygen atoms in total. The molecule has 2 amide bonds. The van der Waals surface area contributed by atoms with Gasteiger partial charge in [-0.25, -0.2) is 0 Å². The monoisotopic (exact) mass is 418 g/mol. The van der Waals surface area contributed by atoms with E-state index in [1.165, 1.54) is 31.9 Å². The fraction of sp³-hybridized carbons (Fsp3) is 0.238. The van der Waals surface area contributed by atoms with Crippen LogP contribution < -0.4 is 25.1 Å². The molecule has 8 heteroatoms. The van der Waals surface area contributed by atoms with Crippen molar-refractivity contribution in [2.75, 3.05) is 20.8 Å². The summed E-state index contributed by atoms with van der Waals surface area (Å²) in [6, 6.07) is 10.7. The Bertz CT molecular complexity index is 881. The number of benzene rings is 2. The van der Waals surface area contributed by atoms with Gasteiger partial charge in [0.1, 0.15) is 5.75 Å². The fourth-order valence-corrected chi connectivity index (χ4v) is 2.68. The second kappa shape index (κ2) is 11.0. The molecule has 0 atom stereocenters. The van der Waals surface area contributed by atoms with Crippen molar-refractivity contribution in [1.29, 1.82) is 0 Å². The highest BCUT2D eigenvalue weighted by Gasteiger charge is 2.10. The lowest BCUT2D eigenvalue weighted by Gasteiger charge is -2.10. The molecule has 0 aromatic heterocycles. The van der Waals surface area contributed by atoms with Crippen molar-refractivity contribution in [2.24, 2.45) is 0 Å². The van der Waals surface area contributed by atoms with E-state index < -0.39 is 11.8 Å².